The van der Waals surface area contributed by atoms with Crippen molar-refractivity contribution in [1.82, 2.24) is 15.5 Å². The number of carbonyl (C=O) groups excluding carboxylic acids is 1. The Kier molecular flexibility index (Phi) is 4.33. The van der Waals surface area contributed by atoms with Crippen LogP contribution in [-0.4, -0.2) is 42.5 Å². The maximum Gasteiger partial charge on any atom is 0.234 e. The minimum Gasteiger partial charge on any atom is -0.351 e. The summed E-state index contributed by atoms with van der Waals surface area (Å²) < 4.78 is 0. The van der Waals surface area contributed by atoms with Crippen LogP contribution in [0.2, 0.25) is 0 Å². The molecule has 1 saturated carbocycles. The van der Waals surface area contributed by atoms with E-state index in [1.165, 1.54) is 18.4 Å². The molecule has 4 nitrogen and oxygen atoms in total. The maximum absolute atomic E-state index is 11.8. The van der Waals surface area contributed by atoms with E-state index in [2.05, 4.69) is 39.8 Å². The van der Waals surface area contributed by atoms with E-state index in [1.807, 2.05) is 6.07 Å². The zero-order valence-electron chi connectivity index (χ0n) is 11.8. The van der Waals surface area contributed by atoms with E-state index in [1.54, 1.807) is 0 Å². The van der Waals surface area contributed by atoms with Crippen molar-refractivity contribution in [2.75, 3.05) is 19.6 Å². The van der Waals surface area contributed by atoms with Crippen LogP contribution < -0.4 is 10.6 Å². The van der Waals surface area contributed by atoms with E-state index in [-0.39, 0.29) is 5.91 Å². The first-order valence-electron chi connectivity index (χ1n) is 7.58. The van der Waals surface area contributed by atoms with Gasteiger partial charge in [0.15, 0.2) is 0 Å². The third-order valence-corrected chi connectivity index (χ3v) is 4.02. The summed E-state index contributed by atoms with van der Waals surface area (Å²) in [6.45, 7) is 3.48. The van der Waals surface area contributed by atoms with Crippen molar-refractivity contribution in [3.05, 3.63) is 35.9 Å². The molecule has 0 bridgehead atoms. The van der Waals surface area contributed by atoms with Gasteiger partial charge in [-0.1, -0.05) is 30.3 Å². The average Bonchev–Trinajstić information content (AvgIpc) is 3.19. The normalized spacial score (nSPS) is 22.9. The minimum absolute atomic E-state index is 0.142. The summed E-state index contributed by atoms with van der Waals surface area (Å²) in [6, 6.07) is 11.4. The monoisotopic (exact) mass is 273 g/mol. The van der Waals surface area contributed by atoms with Crippen molar-refractivity contribution in [3.8, 4) is 0 Å². The molecule has 0 spiro atoms. The molecule has 20 heavy (non-hydrogen) atoms. The zero-order valence-corrected chi connectivity index (χ0v) is 11.8. The van der Waals surface area contributed by atoms with E-state index >= 15 is 0 Å². The van der Waals surface area contributed by atoms with Gasteiger partial charge in [-0.25, -0.2) is 0 Å². The summed E-state index contributed by atoms with van der Waals surface area (Å²) in [5.74, 6) is 0.142. The molecule has 1 amide bonds. The lowest BCUT2D eigenvalue weighted by molar-refractivity contribution is -0.120. The van der Waals surface area contributed by atoms with Crippen molar-refractivity contribution < 1.29 is 4.79 Å². The minimum atomic E-state index is 0.142. The topological polar surface area (TPSA) is 44.4 Å². The van der Waals surface area contributed by atoms with Gasteiger partial charge in [-0.15, -0.1) is 0 Å². The molecule has 1 atom stereocenters. The molecule has 0 aromatic heterocycles. The largest absolute Gasteiger partial charge is 0.351 e. The standard InChI is InChI=1S/C16H23N3O/c20-16(10-17-14-6-7-14)18-15-8-9-19(12-15)11-13-4-2-1-3-5-13/h1-5,14-15,17H,6-12H2,(H,18,20). The number of carbonyl (C=O) groups is 1. The molecule has 4 heteroatoms. The number of likely N-dealkylation sites (tertiary alicyclic amines) is 1. The Balaban J connectivity index is 1.39. The van der Waals surface area contributed by atoms with Crippen LogP contribution in [0, 0.1) is 0 Å². The van der Waals surface area contributed by atoms with Gasteiger partial charge >= 0.3 is 0 Å². The SMILES string of the molecule is O=C(CNC1CC1)NC1CCN(Cc2ccccc2)C1. The second kappa shape index (κ2) is 6.37. The summed E-state index contributed by atoms with van der Waals surface area (Å²) in [5.41, 5.74) is 1.34. The van der Waals surface area contributed by atoms with Gasteiger partial charge < -0.3 is 10.6 Å². The predicted octanol–water partition coefficient (Wildman–Crippen LogP) is 1.13. The van der Waals surface area contributed by atoms with Crippen LogP contribution >= 0.6 is 0 Å². The molecule has 1 heterocycles. The fraction of sp³-hybridized carbons (Fsp3) is 0.562. The van der Waals surface area contributed by atoms with Crippen LogP contribution in [0.3, 0.4) is 0 Å². The molecule has 3 rings (SSSR count). The van der Waals surface area contributed by atoms with Gasteiger partial charge in [-0.05, 0) is 24.8 Å². The van der Waals surface area contributed by atoms with E-state index in [0.29, 0.717) is 18.6 Å². The van der Waals surface area contributed by atoms with Gasteiger partial charge in [-0.3, -0.25) is 9.69 Å². The van der Waals surface area contributed by atoms with Gasteiger partial charge in [-0.2, -0.15) is 0 Å². The molecule has 2 fully saturated rings. The average molecular weight is 273 g/mol. The number of hydrogen-bond acceptors (Lipinski definition) is 3. The maximum atomic E-state index is 11.8. The number of nitrogens with one attached hydrogen (secondary N) is 2. The van der Waals surface area contributed by atoms with Crippen LogP contribution in [0.4, 0.5) is 0 Å². The molecule has 1 aromatic carbocycles. The Labute approximate surface area is 120 Å². The lowest BCUT2D eigenvalue weighted by Gasteiger charge is -2.17. The summed E-state index contributed by atoms with van der Waals surface area (Å²) >= 11 is 0. The molecule has 108 valence electrons. The third-order valence-electron chi connectivity index (χ3n) is 4.02. The first-order chi connectivity index (χ1) is 9.79. The van der Waals surface area contributed by atoms with Crippen LogP contribution in [0.15, 0.2) is 30.3 Å². The predicted molar refractivity (Wildman–Crippen MR) is 79.3 cm³/mol. The Morgan fingerprint density at radius 1 is 1.15 bits per heavy atom. The van der Waals surface area contributed by atoms with Crippen molar-refractivity contribution in [2.24, 2.45) is 0 Å². The fourth-order valence-corrected chi connectivity index (χ4v) is 2.74. The highest BCUT2D eigenvalue weighted by Gasteiger charge is 2.25. The molecule has 2 N–H and O–H groups in total. The Bertz CT molecular complexity index is 444. The van der Waals surface area contributed by atoms with Crippen molar-refractivity contribution >= 4 is 5.91 Å². The molecule has 1 saturated heterocycles. The smallest absolute Gasteiger partial charge is 0.234 e. The van der Waals surface area contributed by atoms with Crippen LogP contribution in [-0.2, 0) is 11.3 Å². The number of nitrogens with zero attached hydrogens (tertiary/aromatic N) is 1. The van der Waals surface area contributed by atoms with Gasteiger partial charge in [0.1, 0.15) is 0 Å². The molecule has 2 aliphatic rings. The highest BCUT2D eigenvalue weighted by molar-refractivity contribution is 5.78. The summed E-state index contributed by atoms with van der Waals surface area (Å²) in [6.07, 6.45) is 3.51. The number of benzene rings is 1. The lowest BCUT2D eigenvalue weighted by atomic mass is 10.2. The second-order valence-corrected chi connectivity index (χ2v) is 5.93. The highest BCUT2D eigenvalue weighted by Crippen LogP contribution is 2.18. The lowest BCUT2D eigenvalue weighted by Crippen LogP contribution is -2.42. The first-order valence-corrected chi connectivity index (χ1v) is 7.58. The zero-order chi connectivity index (χ0) is 13.8. The molecule has 1 aromatic rings. The molecule has 1 aliphatic carbocycles. The Morgan fingerprint density at radius 3 is 2.70 bits per heavy atom. The third kappa shape index (κ3) is 4.05. The van der Waals surface area contributed by atoms with Gasteiger partial charge in [0.2, 0.25) is 5.91 Å². The summed E-state index contributed by atoms with van der Waals surface area (Å²) in [5, 5.41) is 6.39. The number of amides is 1. The first kappa shape index (κ1) is 13.6. The van der Waals surface area contributed by atoms with Crippen LogP contribution in [0.5, 0.6) is 0 Å². The molecular formula is C16H23N3O. The van der Waals surface area contributed by atoms with Crippen molar-refractivity contribution in [3.63, 3.8) is 0 Å². The summed E-state index contributed by atoms with van der Waals surface area (Å²) in [7, 11) is 0. The van der Waals surface area contributed by atoms with Gasteiger partial charge in [0.05, 0.1) is 6.54 Å². The van der Waals surface area contributed by atoms with Crippen LogP contribution in [0.1, 0.15) is 24.8 Å². The number of hydrogen-bond donors (Lipinski definition) is 2. The van der Waals surface area contributed by atoms with E-state index in [0.717, 1.165) is 26.1 Å². The highest BCUT2D eigenvalue weighted by atomic mass is 16.2. The molecule has 1 aliphatic heterocycles. The quantitative estimate of drug-likeness (QED) is 0.816. The second-order valence-electron chi connectivity index (χ2n) is 5.93. The Morgan fingerprint density at radius 2 is 1.95 bits per heavy atom. The fourth-order valence-electron chi connectivity index (χ4n) is 2.74. The van der Waals surface area contributed by atoms with Crippen LogP contribution in [0.25, 0.3) is 0 Å². The van der Waals surface area contributed by atoms with Crippen molar-refractivity contribution in [2.45, 2.75) is 37.9 Å². The number of rotatable bonds is 6. The van der Waals surface area contributed by atoms with Crippen molar-refractivity contribution in [1.29, 1.82) is 0 Å². The summed E-state index contributed by atoms with van der Waals surface area (Å²) in [4.78, 5) is 14.2. The van der Waals surface area contributed by atoms with E-state index < -0.39 is 0 Å². The molecule has 0 radical (unpaired) electrons. The van der Waals surface area contributed by atoms with Gasteiger partial charge in [0, 0.05) is 31.7 Å². The van der Waals surface area contributed by atoms with E-state index in [4.69, 9.17) is 0 Å². The Hall–Kier alpha value is -1.39. The molecular weight excluding hydrogens is 250 g/mol. The van der Waals surface area contributed by atoms with Gasteiger partial charge in [0.25, 0.3) is 0 Å². The van der Waals surface area contributed by atoms with E-state index in [9.17, 15) is 4.79 Å². The molecule has 1 unspecified atom stereocenters.